The maximum Gasteiger partial charge on any atom is 0.251 e. The molecule has 20 heavy (non-hydrogen) atoms. The van der Waals surface area contributed by atoms with Gasteiger partial charge in [0.25, 0.3) is 5.91 Å². The van der Waals surface area contributed by atoms with Crippen LogP contribution in [0.2, 0.25) is 0 Å². The van der Waals surface area contributed by atoms with Gasteiger partial charge >= 0.3 is 0 Å². The molecule has 0 aromatic heterocycles. The van der Waals surface area contributed by atoms with Crippen molar-refractivity contribution in [2.24, 2.45) is 0 Å². The molecule has 1 aliphatic heterocycles. The van der Waals surface area contributed by atoms with Crippen molar-refractivity contribution in [3.63, 3.8) is 0 Å². The van der Waals surface area contributed by atoms with Crippen molar-refractivity contribution in [3.05, 3.63) is 35.4 Å². The molecular formula is C16H21NO3. The van der Waals surface area contributed by atoms with E-state index in [-0.39, 0.29) is 24.7 Å². The number of carbonyl (C=O) groups excluding carboxylic acids is 1. The Morgan fingerprint density at radius 3 is 2.90 bits per heavy atom. The van der Waals surface area contributed by atoms with Gasteiger partial charge in [-0.15, -0.1) is 0 Å². The molecule has 0 saturated carbocycles. The monoisotopic (exact) mass is 275 g/mol. The Morgan fingerprint density at radius 2 is 2.20 bits per heavy atom. The summed E-state index contributed by atoms with van der Waals surface area (Å²) in [5, 5.41) is 12.1. The molecule has 0 aliphatic carbocycles. The highest BCUT2D eigenvalue weighted by atomic mass is 16.5. The van der Waals surface area contributed by atoms with Crippen LogP contribution in [0.1, 0.15) is 32.3 Å². The van der Waals surface area contributed by atoms with Crippen LogP contribution in [0.3, 0.4) is 0 Å². The standard InChI is InChI=1S/C16H21NO3/c1-3-16(2,8-9-18)17-15(19)13-10-12-6-4-5-7-14(12)20-11-13/h4-7,10,18H,3,8-9,11H2,1-2H3,(H,17,19). The summed E-state index contributed by atoms with van der Waals surface area (Å²) in [7, 11) is 0. The summed E-state index contributed by atoms with van der Waals surface area (Å²) in [6.45, 7) is 4.28. The molecular weight excluding hydrogens is 254 g/mol. The van der Waals surface area contributed by atoms with Gasteiger partial charge in [-0.3, -0.25) is 4.79 Å². The second-order valence-electron chi connectivity index (χ2n) is 5.34. The molecule has 108 valence electrons. The number of aliphatic hydroxyl groups is 1. The number of amides is 1. The normalized spacial score (nSPS) is 16.4. The molecule has 4 nitrogen and oxygen atoms in total. The van der Waals surface area contributed by atoms with Gasteiger partial charge in [0.15, 0.2) is 0 Å². The molecule has 1 aliphatic rings. The first-order valence-corrected chi connectivity index (χ1v) is 6.94. The maximum absolute atomic E-state index is 12.3. The van der Waals surface area contributed by atoms with E-state index < -0.39 is 0 Å². The van der Waals surface area contributed by atoms with Crippen LogP contribution >= 0.6 is 0 Å². The Bertz CT molecular complexity index is 524. The van der Waals surface area contributed by atoms with Crippen LogP contribution in [0.4, 0.5) is 0 Å². The van der Waals surface area contributed by atoms with Gasteiger partial charge in [0, 0.05) is 17.7 Å². The topological polar surface area (TPSA) is 58.6 Å². The lowest BCUT2D eigenvalue weighted by Crippen LogP contribution is -2.47. The van der Waals surface area contributed by atoms with Crippen LogP contribution in [0.25, 0.3) is 6.08 Å². The van der Waals surface area contributed by atoms with E-state index in [0.29, 0.717) is 12.0 Å². The Balaban J connectivity index is 2.13. The minimum atomic E-state index is -0.385. The first kappa shape index (κ1) is 14.6. The highest BCUT2D eigenvalue weighted by Gasteiger charge is 2.26. The Morgan fingerprint density at radius 1 is 1.45 bits per heavy atom. The van der Waals surface area contributed by atoms with E-state index in [4.69, 9.17) is 9.84 Å². The summed E-state index contributed by atoms with van der Waals surface area (Å²) in [6, 6.07) is 7.64. The zero-order valence-corrected chi connectivity index (χ0v) is 12.0. The molecule has 1 amide bonds. The first-order chi connectivity index (χ1) is 9.58. The van der Waals surface area contributed by atoms with Crippen molar-refractivity contribution in [1.82, 2.24) is 5.32 Å². The molecule has 2 rings (SSSR count). The largest absolute Gasteiger partial charge is 0.488 e. The molecule has 2 N–H and O–H groups in total. The van der Waals surface area contributed by atoms with Gasteiger partial charge in [0.1, 0.15) is 12.4 Å². The smallest absolute Gasteiger partial charge is 0.251 e. The molecule has 1 atom stereocenters. The fourth-order valence-corrected chi connectivity index (χ4v) is 2.18. The lowest BCUT2D eigenvalue weighted by molar-refractivity contribution is -0.119. The second-order valence-corrected chi connectivity index (χ2v) is 5.34. The summed E-state index contributed by atoms with van der Waals surface area (Å²) in [4.78, 5) is 12.3. The van der Waals surface area contributed by atoms with Crippen LogP contribution in [0.15, 0.2) is 29.8 Å². The Kier molecular flexibility index (Phi) is 4.45. The third-order valence-electron chi connectivity index (χ3n) is 3.78. The number of hydrogen-bond acceptors (Lipinski definition) is 3. The van der Waals surface area contributed by atoms with Gasteiger partial charge < -0.3 is 15.2 Å². The summed E-state index contributed by atoms with van der Waals surface area (Å²) in [5.41, 5.74) is 1.15. The van der Waals surface area contributed by atoms with Crippen molar-refractivity contribution >= 4 is 12.0 Å². The van der Waals surface area contributed by atoms with Crippen LogP contribution in [0, 0.1) is 0 Å². The summed E-state index contributed by atoms with van der Waals surface area (Å²) < 4.78 is 5.59. The molecule has 1 aromatic carbocycles. The summed E-state index contributed by atoms with van der Waals surface area (Å²) in [5.74, 6) is 0.676. The van der Waals surface area contributed by atoms with Gasteiger partial charge in [-0.2, -0.15) is 0 Å². The highest BCUT2D eigenvalue weighted by Crippen LogP contribution is 2.26. The molecule has 1 unspecified atom stereocenters. The SMILES string of the molecule is CCC(C)(CCO)NC(=O)C1=Cc2ccccc2OC1. The summed E-state index contributed by atoms with van der Waals surface area (Å²) >= 11 is 0. The number of nitrogens with one attached hydrogen (secondary N) is 1. The van der Waals surface area contributed by atoms with Crippen LogP contribution < -0.4 is 10.1 Å². The average Bonchev–Trinajstić information content (AvgIpc) is 2.47. The van der Waals surface area contributed by atoms with E-state index >= 15 is 0 Å². The van der Waals surface area contributed by atoms with Crippen LogP contribution in [-0.2, 0) is 4.79 Å². The van der Waals surface area contributed by atoms with E-state index in [1.54, 1.807) is 0 Å². The number of benzene rings is 1. The Hall–Kier alpha value is -1.81. The molecule has 4 heteroatoms. The fraction of sp³-hybridized carbons (Fsp3) is 0.438. The van der Waals surface area contributed by atoms with E-state index in [0.717, 1.165) is 17.7 Å². The number of aliphatic hydroxyl groups excluding tert-OH is 1. The third-order valence-corrected chi connectivity index (χ3v) is 3.78. The number of fused-ring (bicyclic) bond motifs is 1. The van der Waals surface area contributed by atoms with Crippen molar-refractivity contribution in [2.45, 2.75) is 32.2 Å². The van der Waals surface area contributed by atoms with Gasteiger partial charge in [-0.1, -0.05) is 25.1 Å². The van der Waals surface area contributed by atoms with E-state index in [2.05, 4.69) is 5.32 Å². The highest BCUT2D eigenvalue weighted by molar-refractivity contribution is 5.99. The predicted molar refractivity (Wildman–Crippen MR) is 78.5 cm³/mol. The van der Waals surface area contributed by atoms with Crippen molar-refractivity contribution in [3.8, 4) is 5.75 Å². The van der Waals surface area contributed by atoms with Gasteiger partial charge in [-0.05, 0) is 31.9 Å². The lowest BCUT2D eigenvalue weighted by atomic mass is 9.94. The van der Waals surface area contributed by atoms with Crippen LogP contribution in [-0.4, -0.2) is 29.8 Å². The minimum absolute atomic E-state index is 0.0585. The molecule has 0 radical (unpaired) electrons. The molecule has 1 aromatic rings. The van der Waals surface area contributed by atoms with E-state index in [1.807, 2.05) is 44.2 Å². The fourth-order valence-electron chi connectivity index (χ4n) is 2.18. The lowest BCUT2D eigenvalue weighted by Gasteiger charge is -2.30. The molecule has 0 fully saturated rings. The molecule has 1 heterocycles. The van der Waals surface area contributed by atoms with Gasteiger partial charge in [-0.25, -0.2) is 0 Å². The zero-order chi connectivity index (χ0) is 14.6. The van der Waals surface area contributed by atoms with Gasteiger partial charge in [0.2, 0.25) is 0 Å². The summed E-state index contributed by atoms with van der Waals surface area (Å²) in [6.07, 6.45) is 3.17. The van der Waals surface area contributed by atoms with Crippen molar-refractivity contribution in [2.75, 3.05) is 13.2 Å². The number of carbonyl (C=O) groups is 1. The number of rotatable bonds is 5. The maximum atomic E-state index is 12.3. The van der Waals surface area contributed by atoms with Crippen LogP contribution in [0.5, 0.6) is 5.75 Å². The number of ether oxygens (including phenoxy) is 1. The molecule has 0 bridgehead atoms. The zero-order valence-electron chi connectivity index (χ0n) is 12.0. The van der Waals surface area contributed by atoms with E-state index in [1.165, 1.54) is 0 Å². The third kappa shape index (κ3) is 3.20. The quantitative estimate of drug-likeness (QED) is 0.865. The second kappa shape index (κ2) is 6.09. The number of para-hydroxylation sites is 1. The molecule has 0 saturated heterocycles. The van der Waals surface area contributed by atoms with Crippen molar-refractivity contribution < 1.29 is 14.6 Å². The predicted octanol–water partition coefficient (Wildman–Crippen LogP) is 2.13. The average molecular weight is 275 g/mol. The molecule has 0 spiro atoms. The van der Waals surface area contributed by atoms with Gasteiger partial charge in [0.05, 0.1) is 5.57 Å². The van der Waals surface area contributed by atoms with E-state index in [9.17, 15) is 4.79 Å². The first-order valence-electron chi connectivity index (χ1n) is 6.94. The Labute approximate surface area is 119 Å². The number of hydrogen-bond donors (Lipinski definition) is 2. The minimum Gasteiger partial charge on any atom is -0.488 e. The van der Waals surface area contributed by atoms with Crippen molar-refractivity contribution in [1.29, 1.82) is 0 Å².